The van der Waals surface area contributed by atoms with E-state index in [-0.39, 0.29) is 0 Å². The summed E-state index contributed by atoms with van der Waals surface area (Å²) in [5.74, 6) is 0. The molecule has 4 N–H and O–H groups in total. The largest absolute Gasteiger partial charge is 0.488 e. The summed E-state index contributed by atoms with van der Waals surface area (Å²) in [5.41, 5.74) is 3.67. The van der Waals surface area contributed by atoms with Gasteiger partial charge in [-0.25, -0.2) is 0 Å². The maximum Gasteiger partial charge on any atom is 0.488 e. The molecule has 0 spiro atoms. The molecular weight excluding hydrogens is 374 g/mol. The zero-order valence-corrected chi connectivity index (χ0v) is 18.6. The maximum atomic E-state index is 8.92. The highest BCUT2D eigenvalue weighted by atomic mass is 16.4. The van der Waals surface area contributed by atoms with Gasteiger partial charge in [0.2, 0.25) is 0 Å². The molecule has 0 saturated heterocycles. The van der Waals surface area contributed by atoms with Crippen LogP contribution in [0.2, 0.25) is 0 Å². The minimum absolute atomic E-state index is 0.562. The molecule has 4 nitrogen and oxygen atoms in total. The summed E-state index contributed by atoms with van der Waals surface area (Å²) in [6.45, 7) is 4.41. The second-order valence-corrected chi connectivity index (χ2v) is 7.85. The highest BCUT2D eigenvalue weighted by molar-refractivity contribution is 6.58. The normalized spacial score (nSPS) is 10.3. The molecule has 0 atom stereocenters. The van der Waals surface area contributed by atoms with Crippen LogP contribution in [0, 0.1) is 0 Å². The number of aryl methyl sites for hydroxylation is 2. The topological polar surface area (TPSA) is 80.9 Å². The summed E-state index contributed by atoms with van der Waals surface area (Å²) in [5, 5.41) is 35.7. The summed E-state index contributed by atoms with van der Waals surface area (Å²) in [6, 6.07) is 15.0. The van der Waals surface area contributed by atoms with Gasteiger partial charge in [0.15, 0.2) is 0 Å². The number of unbranched alkanes of at least 4 members (excludes halogenated alkanes) is 6. The third kappa shape index (κ3) is 11.6. The fourth-order valence-electron chi connectivity index (χ4n) is 3.22. The molecular formula is C24H38B2O4. The van der Waals surface area contributed by atoms with Gasteiger partial charge in [-0.05, 0) is 47.7 Å². The van der Waals surface area contributed by atoms with Gasteiger partial charge in [-0.2, -0.15) is 0 Å². The second kappa shape index (κ2) is 16.1. The molecule has 0 unspecified atom stereocenters. The number of hydrogen-bond acceptors (Lipinski definition) is 4. The van der Waals surface area contributed by atoms with Crippen molar-refractivity contribution >= 4 is 25.2 Å². The first-order chi connectivity index (χ1) is 14.5. The van der Waals surface area contributed by atoms with Crippen LogP contribution >= 0.6 is 0 Å². The van der Waals surface area contributed by atoms with Crippen LogP contribution in [0.25, 0.3) is 0 Å². The monoisotopic (exact) mass is 412 g/mol. The Hall–Kier alpha value is -1.59. The van der Waals surface area contributed by atoms with Crippen LogP contribution < -0.4 is 10.9 Å². The molecule has 0 aliphatic carbocycles. The SMILES string of the molecule is CCCCCCc1ccc(B(O)O)cc1.CCCCCCc1ccc(B(O)O)cc1. The molecule has 2 aromatic rings. The van der Waals surface area contributed by atoms with E-state index >= 15 is 0 Å². The molecule has 0 radical (unpaired) electrons. The summed E-state index contributed by atoms with van der Waals surface area (Å²) in [7, 11) is -2.70. The van der Waals surface area contributed by atoms with Crippen LogP contribution in [-0.2, 0) is 12.8 Å². The lowest BCUT2D eigenvalue weighted by molar-refractivity contribution is 0.424. The fourth-order valence-corrected chi connectivity index (χ4v) is 3.22. The molecule has 0 bridgehead atoms. The zero-order chi connectivity index (χ0) is 22.2. The van der Waals surface area contributed by atoms with Crippen molar-refractivity contribution in [2.45, 2.75) is 78.1 Å². The molecule has 0 heterocycles. The first kappa shape index (κ1) is 26.4. The van der Waals surface area contributed by atoms with Crippen molar-refractivity contribution in [2.75, 3.05) is 0 Å². The Bertz CT molecular complexity index is 598. The van der Waals surface area contributed by atoms with E-state index in [1.54, 1.807) is 24.3 Å². The first-order valence-corrected chi connectivity index (χ1v) is 11.4. The van der Waals surface area contributed by atoms with Gasteiger partial charge in [0.25, 0.3) is 0 Å². The van der Waals surface area contributed by atoms with Crippen LogP contribution in [0.4, 0.5) is 0 Å². The van der Waals surface area contributed by atoms with Gasteiger partial charge in [-0.15, -0.1) is 0 Å². The molecule has 164 valence electrons. The molecule has 2 aromatic carbocycles. The van der Waals surface area contributed by atoms with Gasteiger partial charge in [0, 0.05) is 0 Å². The van der Waals surface area contributed by atoms with Crippen LogP contribution in [0.3, 0.4) is 0 Å². The molecule has 0 aliphatic rings. The van der Waals surface area contributed by atoms with Gasteiger partial charge >= 0.3 is 14.2 Å². The van der Waals surface area contributed by atoms with Crippen molar-refractivity contribution in [3.05, 3.63) is 59.7 Å². The second-order valence-electron chi connectivity index (χ2n) is 7.85. The third-order valence-corrected chi connectivity index (χ3v) is 5.19. The zero-order valence-electron chi connectivity index (χ0n) is 18.6. The quantitative estimate of drug-likeness (QED) is 0.319. The molecule has 30 heavy (non-hydrogen) atoms. The molecule has 0 fully saturated rings. The van der Waals surface area contributed by atoms with Crippen molar-refractivity contribution in [1.29, 1.82) is 0 Å². The van der Waals surface area contributed by atoms with Crippen LogP contribution in [0.1, 0.15) is 76.3 Å². The Balaban J connectivity index is 0.000000300. The fraction of sp³-hybridized carbons (Fsp3) is 0.500. The van der Waals surface area contributed by atoms with E-state index in [1.807, 2.05) is 24.3 Å². The van der Waals surface area contributed by atoms with E-state index in [2.05, 4.69) is 13.8 Å². The van der Waals surface area contributed by atoms with E-state index < -0.39 is 14.2 Å². The highest BCUT2D eigenvalue weighted by Gasteiger charge is 2.10. The molecule has 0 amide bonds. The summed E-state index contributed by atoms with van der Waals surface area (Å²) in [4.78, 5) is 0. The lowest BCUT2D eigenvalue weighted by Crippen LogP contribution is -2.29. The minimum Gasteiger partial charge on any atom is -0.423 e. The standard InChI is InChI=1S/2C12H19BO2/c2*1-2-3-4-5-6-11-7-9-12(10-8-11)13(14)15/h2*7-10,14-15H,2-6H2,1H3. The smallest absolute Gasteiger partial charge is 0.423 e. The minimum atomic E-state index is -1.35. The summed E-state index contributed by atoms with van der Waals surface area (Å²) < 4.78 is 0. The average Bonchev–Trinajstić information content (AvgIpc) is 2.75. The molecule has 2 rings (SSSR count). The van der Waals surface area contributed by atoms with Crippen molar-refractivity contribution in [2.24, 2.45) is 0 Å². The first-order valence-electron chi connectivity index (χ1n) is 11.4. The van der Waals surface area contributed by atoms with E-state index in [0.29, 0.717) is 10.9 Å². The van der Waals surface area contributed by atoms with Crippen molar-refractivity contribution < 1.29 is 20.1 Å². The predicted octanol–water partition coefficient (Wildman–Crippen LogP) is 2.98. The van der Waals surface area contributed by atoms with E-state index in [4.69, 9.17) is 20.1 Å². The lowest BCUT2D eigenvalue weighted by Gasteiger charge is -2.03. The average molecular weight is 412 g/mol. The Morgan fingerprint density at radius 2 is 0.833 bits per heavy atom. The van der Waals surface area contributed by atoms with Gasteiger partial charge in [0.1, 0.15) is 0 Å². The highest BCUT2D eigenvalue weighted by Crippen LogP contribution is 2.07. The van der Waals surface area contributed by atoms with Crippen molar-refractivity contribution in [3.63, 3.8) is 0 Å². The number of hydrogen-bond donors (Lipinski definition) is 4. The van der Waals surface area contributed by atoms with Crippen LogP contribution in [-0.4, -0.2) is 34.3 Å². The third-order valence-electron chi connectivity index (χ3n) is 5.19. The van der Waals surface area contributed by atoms with Crippen LogP contribution in [0.5, 0.6) is 0 Å². The van der Waals surface area contributed by atoms with E-state index in [1.165, 1.54) is 62.5 Å². The number of benzene rings is 2. The van der Waals surface area contributed by atoms with E-state index in [0.717, 1.165) is 12.8 Å². The Kier molecular flexibility index (Phi) is 14.2. The Labute approximate surface area is 183 Å². The molecule has 0 aromatic heterocycles. The Morgan fingerprint density at radius 3 is 1.10 bits per heavy atom. The van der Waals surface area contributed by atoms with Crippen molar-refractivity contribution in [3.8, 4) is 0 Å². The molecule has 6 heteroatoms. The lowest BCUT2D eigenvalue weighted by atomic mass is 9.80. The van der Waals surface area contributed by atoms with Gasteiger partial charge in [0.05, 0.1) is 0 Å². The Morgan fingerprint density at radius 1 is 0.500 bits per heavy atom. The van der Waals surface area contributed by atoms with Gasteiger partial charge < -0.3 is 20.1 Å². The van der Waals surface area contributed by atoms with E-state index in [9.17, 15) is 0 Å². The molecule has 0 saturated carbocycles. The summed E-state index contributed by atoms with van der Waals surface area (Å²) >= 11 is 0. The van der Waals surface area contributed by atoms with Gasteiger partial charge in [-0.3, -0.25) is 0 Å². The van der Waals surface area contributed by atoms with Crippen LogP contribution in [0.15, 0.2) is 48.5 Å². The maximum absolute atomic E-state index is 8.92. The predicted molar refractivity (Wildman–Crippen MR) is 128 cm³/mol. The number of rotatable bonds is 12. The van der Waals surface area contributed by atoms with Crippen molar-refractivity contribution in [1.82, 2.24) is 0 Å². The van der Waals surface area contributed by atoms with Gasteiger partial charge in [-0.1, -0.05) is 101 Å². The summed E-state index contributed by atoms with van der Waals surface area (Å²) in [6.07, 6.45) is 12.3. The molecule has 0 aliphatic heterocycles.